The van der Waals surface area contributed by atoms with Crippen LogP contribution in [-0.4, -0.2) is 37.2 Å². The quantitative estimate of drug-likeness (QED) is 0.645. The van der Waals surface area contributed by atoms with Gasteiger partial charge in [-0.15, -0.1) is 0 Å². The lowest BCUT2D eigenvalue weighted by atomic mass is 10.0. The minimum atomic E-state index is -3.96. The maximum atomic E-state index is 13.5. The lowest BCUT2D eigenvalue weighted by Crippen LogP contribution is -2.45. The largest absolute Gasteiger partial charge is 0.444 e. The summed E-state index contributed by atoms with van der Waals surface area (Å²) in [6.45, 7) is 7.08. The van der Waals surface area contributed by atoms with E-state index in [1.807, 2.05) is 19.1 Å². The van der Waals surface area contributed by atoms with Crippen LogP contribution in [0, 0.1) is 0 Å². The molecule has 8 heteroatoms. The smallest absolute Gasteiger partial charge is 0.408 e. The molecule has 1 saturated carbocycles. The van der Waals surface area contributed by atoms with Gasteiger partial charge in [0.05, 0.1) is 4.90 Å². The molecule has 1 aliphatic rings. The summed E-state index contributed by atoms with van der Waals surface area (Å²) >= 11 is 5.90. The second-order valence-electron chi connectivity index (χ2n) is 8.67. The maximum absolute atomic E-state index is 13.5. The second kappa shape index (κ2) is 8.28. The van der Waals surface area contributed by atoms with Crippen LogP contribution in [0.5, 0.6) is 0 Å². The molecule has 0 spiro atoms. The summed E-state index contributed by atoms with van der Waals surface area (Å²) in [5.41, 5.74) is -0.693. The van der Waals surface area contributed by atoms with Gasteiger partial charge in [-0.25, -0.2) is 13.2 Å². The number of carbonyl (C=O) groups excluding carboxylic acids is 2. The van der Waals surface area contributed by atoms with Crippen LogP contribution in [0.4, 0.5) is 4.79 Å². The molecule has 166 valence electrons. The lowest BCUT2D eigenvalue weighted by Gasteiger charge is -2.22. The first kappa shape index (κ1) is 23.3. The van der Waals surface area contributed by atoms with Gasteiger partial charge in [0.1, 0.15) is 22.7 Å². The van der Waals surface area contributed by atoms with E-state index in [1.165, 1.54) is 24.3 Å². The Bertz CT molecular complexity index is 1070. The predicted octanol–water partition coefficient (Wildman–Crippen LogP) is 4.30. The first-order chi connectivity index (χ1) is 14.4. The topological polar surface area (TPSA) is 89.5 Å². The molecule has 31 heavy (non-hydrogen) atoms. The van der Waals surface area contributed by atoms with E-state index < -0.39 is 38.2 Å². The van der Waals surface area contributed by atoms with E-state index in [1.54, 1.807) is 32.9 Å². The first-order valence-corrected chi connectivity index (χ1v) is 11.9. The summed E-state index contributed by atoms with van der Waals surface area (Å²) in [4.78, 5) is 24.8. The minimum Gasteiger partial charge on any atom is -0.444 e. The highest BCUT2D eigenvalue weighted by Gasteiger charge is 2.73. The Labute approximate surface area is 187 Å². The van der Waals surface area contributed by atoms with E-state index in [9.17, 15) is 18.0 Å². The molecule has 0 aromatic heterocycles. The highest BCUT2D eigenvalue weighted by Crippen LogP contribution is 2.56. The van der Waals surface area contributed by atoms with Crippen LogP contribution in [0.2, 0.25) is 5.02 Å². The molecule has 0 heterocycles. The third kappa shape index (κ3) is 4.62. The van der Waals surface area contributed by atoms with E-state index in [4.69, 9.17) is 16.3 Å². The number of alkyl carbamates (subject to hydrolysis) is 1. The Morgan fingerprint density at radius 2 is 1.71 bits per heavy atom. The van der Waals surface area contributed by atoms with Crippen molar-refractivity contribution < 1.29 is 22.7 Å². The van der Waals surface area contributed by atoms with Gasteiger partial charge in [0.25, 0.3) is 0 Å². The van der Waals surface area contributed by atoms with Crippen molar-refractivity contribution in [3.63, 3.8) is 0 Å². The maximum Gasteiger partial charge on any atom is 0.408 e. The summed E-state index contributed by atoms with van der Waals surface area (Å²) in [5.74, 6) is -0.746. The Balaban J connectivity index is 2.04. The third-order valence-corrected chi connectivity index (χ3v) is 7.83. The number of rotatable bonds is 6. The highest BCUT2D eigenvalue weighted by molar-refractivity contribution is 7.92. The van der Waals surface area contributed by atoms with Crippen LogP contribution in [0.1, 0.15) is 44.7 Å². The number of hydrogen-bond donors (Lipinski definition) is 1. The van der Waals surface area contributed by atoms with Gasteiger partial charge in [0.2, 0.25) is 0 Å². The minimum absolute atomic E-state index is 0.0341. The highest BCUT2D eigenvalue weighted by atomic mass is 35.5. The Hall–Kier alpha value is -2.38. The van der Waals surface area contributed by atoms with Crippen molar-refractivity contribution >= 4 is 33.8 Å². The molecular formula is C23H26ClNO5S. The summed E-state index contributed by atoms with van der Waals surface area (Å²) in [5, 5.41) is 1.78. The van der Waals surface area contributed by atoms with Gasteiger partial charge in [-0.1, -0.05) is 42.8 Å². The van der Waals surface area contributed by atoms with Crippen LogP contribution in [0.15, 0.2) is 53.4 Å². The zero-order valence-electron chi connectivity index (χ0n) is 17.9. The third-order valence-electron chi connectivity index (χ3n) is 5.32. The molecule has 1 fully saturated rings. The molecule has 3 rings (SSSR count). The molecule has 1 aliphatic carbocycles. The monoisotopic (exact) mass is 463 g/mol. The van der Waals surface area contributed by atoms with E-state index in [0.717, 1.165) is 12.0 Å². The normalized spacial score (nSPS) is 23.1. The van der Waals surface area contributed by atoms with Crippen molar-refractivity contribution in [2.45, 2.75) is 61.3 Å². The summed E-state index contributed by atoms with van der Waals surface area (Å²) in [6.07, 6.45) is 0.489. The van der Waals surface area contributed by atoms with Gasteiger partial charge >= 0.3 is 6.09 Å². The number of aryl methyl sites for hydroxylation is 1. The molecule has 0 radical (unpaired) electrons. The molecule has 3 atom stereocenters. The Morgan fingerprint density at radius 3 is 2.19 bits per heavy atom. The number of carbonyl (C=O) groups is 2. The van der Waals surface area contributed by atoms with Crippen LogP contribution in [0.25, 0.3) is 0 Å². The van der Waals surface area contributed by atoms with Crippen molar-refractivity contribution in [3.05, 3.63) is 64.7 Å². The molecule has 0 bridgehead atoms. The number of sulfone groups is 1. The number of halogens is 1. The van der Waals surface area contributed by atoms with Crippen molar-refractivity contribution in [2.24, 2.45) is 0 Å². The average molecular weight is 464 g/mol. The fourth-order valence-electron chi connectivity index (χ4n) is 3.79. The van der Waals surface area contributed by atoms with Crippen molar-refractivity contribution in [2.75, 3.05) is 0 Å². The molecule has 0 aliphatic heterocycles. The second-order valence-corrected chi connectivity index (χ2v) is 11.2. The van der Waals surface area contributed by atoms with Crippen LogP contribution in [0.3, 0.4) is 0 Å². The Morgan fingerprint density at radius 1 is 1.13 bits per heavy atom. The lowest BCUT2D eigenvalue weighted by molar-refractivity contribution is -0.110. The van der Waals surface area contributed by atoms with Crippen LogP contribution < -0.4 is 5.32 Å². The number of ether oxygens (including phenoxy) is 1. The molecule has 0 unspecified atom stereocenters. The molecule has 2 aromatic rings. The molecule has 1 amide bonds. The van der Waals surface area contributed by atoms with Crippen LogP contribution in [-0.2, 0) is 25.8 Å². The molecule has 6 nitrogen and oxygen atoms in total. The van der Waals surface area contributed by atoms with Gasteiger partial charge < -0.3 is 14.8 Å². The zero-order valence-corrected chi connectivity index (χ0v) is 19.5. The molecule has 0 saturated heterocycles. The number of amides is 1. The van der Waals surface area contributed by atoms with Gasteiger partial charge in [0, 0.05) is 10.9 Å². The molecule has 2 aromatic carbocycles. The van der Waals surface area contributed by atoms with Gasteiger partial charge in [0.15, 0.2) is 9.84 Å². The molecule has 1 N–H and O–H groups in total. The van der Waals surface area contributed by atoms with E-state index in [-0.39, 0.29) is 4.90 Å². The van der Waals surface area contributed by atoms with Crippen molar-refractivity contribution in [3.8, 4) is 0 Å². The number of benzene rings is 2. The molecular weight excluding hydrogens is 438 g/mol. The van der Waals surface area contributed by atoms with Crippen molar-refractivity contribution in [1.29, 1.82) is 0 Å². The fourth-order valence-corrected chi connectivity index (χ4v) is 6.16. The number of aldehydes is 1. The van der Waals surface area contributed by atoms with Crippen LogP contribution >= 0.6 is 11.6 Å². The van der Waals surface area contributed by atoms with Gasteiger partial charge in [-0.2, -0.15) is 0 Å². The van der Waals surface area contributed by atoms with E-state index >= 15 is 0 Å². The fraction of sp³-hybridized carbons (Fsp3) is 0.391. The standard InChI is InChI=1S/C23H26ClNO5S/c1-5-15-6-8-16(9-7-15)19-20(31(28,29)18-12-10-17(24)11-13-18)23(19,14-26)25-21(27)30-22(2,3)4/h6-14,19-20H,5H2,1-4H3,(H,25,27)/t19-,20+,23-/m0/s1. The van der Waals surface area contributed by atoms with Gasteiger partial charge in [-0.3, -0.25) is 0 Å². The predicted molar refractivity (Wildman–Crippen MR) is 119 cm³/mol. The van der Waals surface area contributed by atoms with Crippen molar-refractivity contribution in [1.82, 2.24) is 5.32 Å². The van der Waals surface area contributed by atoms with E-state index in [2.05, 4.69) is 5.32 Å². The van der Waals surface area contributed by atoms with E-state index in [0.29, 0.717) is 16.9 Å². The number of nitrogens with one attached hydrogen (secondary N) is 1. The van der Waals surface area contributed by atoms with Gasteiger partial charge in [-0.05, 0) is 62.6 Å². The zero-order chi connectivity index (χ0) is 23.0. The Kier molecular flexibility index (Phi) is 6.22. The average Bonchev–Trinajstić information content (AvgIpc) is 3.36. The first-order valence-electron chi connectivity index (χ1n) is 10.0. The SMILES string of the molecule is CCc1ccc([C@H]2[C@@H](S(=O)(=O)c3ccc(Cl)cc3)[C@@]2(C=O)NC(=O)OC(C)(C)C)cc1. The number of hydrogen-bond acceptors (Lipinski definition) is 5. The summed E-state index contributed by atoms with van der Waals surface area (Å²) in [7, 11) is -3.96. The summed E-state index contributed by atoms with van der Waals surface area (Å²) < 4.78 is 32.2. The summed E-state index contributed by atoms with van der Waals surface area (Å²) in [6, 6.07) is 13.1.